The molecule has 0 saturated carbocycles. The van der Waals surface area contributed by atoms with Gasteiger partial charge in [-0.15, -0.1) is 0 Å². The lowest BCUT2D eigenvalue weighted by molar-refractivity contribution is -0.385. The Morgan fingerprint density at radius 2 is 2.33 bits per heavy atom. The molecule has 0 spiro atoms. The van der Waals surface area contributed by atoms with Gasteiger partial charge in [0.15, 0.2) is 0 Å². The second-order valence-corrected chi connectivity index (χ2v) is 4.74. The quantitative estimate of drug-likeness (QED) is 0.629. The van der Waals surface area contributed by atoms with Gasteiger partial charge in [-0.25, -0.2) is 4.39 Å². The predicted octanol–water partition coefficient (Wildman–Crippen LogP) is 2.06. The fourth-order valence-electron chi connectivity index (χ4n) is 1.69. The molecular weight excluding hydrogens is 303 g/mol. The third-order valence-electron chi connectivity index (χ3n) is 2.69. The van der Waals surface area contributed by atoms with E-state index in [9.17, 15) is 19.6 Å². The smallest absolute Gasteiger partial charge is 0.306 e. The van der Waals surface area contributed by atoms with Gasteiger partial charge in [0.1, 0.15) is 18.2 Å². The lowest BCUT2D eigenvalue weighted by Crippen LogP contribution is -2.25. The van der Waals surface area contributed by atoms with E-state index in [4.69, 9.17) is 11.6 Å². The first-order chi connectivity index (χ1) is 9.95. The van der Waals surface area contributed by atoms with Crippen LogP contribution < -0.4 is 5.32 Å². The zero-order valence-corrected chi connectivity index (χ0v) is 11.5. The summed E-state index contributed by atoms with van der Waals surface area (Å²) in [6.45, 7) is 0.221. The molecular formula is C12H12ClFN4O3. The molecule has 9 heteroatoms. The van der Waals surface area contributed by atoms with Crippen LogP contribution in [-0.4, -0.2) is 32.5 Å². The van der Waals surface area contributed by atoms with Crippen LogP contribution >= 0.6 is 11.6 Å². The fraction of sp³-hybridized carbons (Fsp3) is 0.250. The third-order valence-corrected chi connectivity index (χ3v) is 3.00. The molecule has 1 unspecified atom stereocenters. The van der Waals surface area contributed by atoms with Crippen LogP contribution in [0.1, 0.15) is 0 Å². The Morgan fingerprint density at radius 3 is 2.95 bits per heavy atom. The molecule has 21 heavy (non-hydrogen) atoms. The van der Waals surface area contributed by atoms with Crippen molar-refractivity contribution in [1.82, 2.24) is 9.78 Å². The van der Waals surface area contributed by atoms with Crippen LogP contribution in [0.5, 0.6) is 0 Å². The molecule has 1 atom stereocenters. The summed E-state index contributed by atoms with van der Waals surface area (Å²) in [5, 5.41) is 27.2. The van der Waals surface area contributed by atoms with E-state index >= 15 is 0 Å². The van der Waals surface area contributed by atoms with Crippen LogP contribution in [0.4, 0.5) is 15.8 Å². The first kappa shape index (κ1) is 15.2. The van der Waals surface area contributed by atoms with Gasteiger partial charge in [-0.1, -0.05) is 11.6 Å². The maximum atomic E-state index is 12.9. The first-order valence-corrected chi connectivity index (χ1v) is 6.37. The van der Waals surface area contributed by atoms with Crippen LogP contribution in [0.25, 0.3) is 0 Å². The monoisotopic (exact) mass is 314 g/mol. The Kier molecular flexibility index (Phi) is 4.71. The zero-order chi connectivity index (χ0) is 15.4. The standard InChI is InChI=1S/C12H12ClFN4O3/c13-11-3-8(14)1-2-12(11)15-5-10(19)7-17-6-9(4-16-17)18(20)21/h1-4,6,10,15,19H,5,7H2. The van der Waals surface area contributed by atoms with E-state index in [1.807, 2.05) is 0 Å². The molecule has 0 aliphatic heterocycles. The first-order valence-electron chi connectivity index (χ1n) is 5.99. The third kappa shape index (κ3) is 4.14. The SMILES string of the molecule is O=[N+]([O-])c1cnn(CC(O)CNc2ccc(F)cc2Cl)c1. The molecule has 2 aromatic rings. The molecule has 0 aliphatic carbocycles. The number of anilines is 1. The topological polar surface area (TPSA) is 93.2 Å². The number of rotatable bonds is 6. The summed E-state index contributed by atoms with van der Waals surface area (Å²) in [5.74, 6) is -0.449. The molecule has 1 aromatic heterocycles. The number of nitrogens with zero attached hydrogens (tertiary/aromatic N) is 3. The number of benzene rings is 1. The number of hydrogen-bond acceptors (Lipinski definition) is 5. The van der Waals surface area contributed by atoms with Crippen LogP contribution in [0.3, 0.4) is 0 Å². The highest BCUT2D eigenvalue weighted by Gasteiger charge is 2.12. The normalized spacial score (nSPS) is 12.1. The van der Waals surface area contributed by atoms with E-state index in [1.165, 1.54) is 23.0 Å². The van der Waals surface area contributed by atoms with Gasteiger partial charge >= 0.3 is 5.69 Å². The number of aliphatic hydroxyl groups is 1. The summed E-state index contributed by atoms with van der Waals surface area (Å²) < 4.78 is 14.1. The van der Waals surface area contributed by atoms with Gasteiger partial charge in [0.2, 0.25) is 0 Å². The Labute approximate surface area is 124 Å². The van der Waals surface area contributed by atoms with Gasteiger partial charge in [-0.3, -0.25) is 14.8 Å². The van der Waals surface area contributed by atoms with Crippen molar-refractivity contribution in [3.05, 3.63) is 51.5 Å². The highest BCUT2D eigenvalue weighted by atomic mass is 35.5. The minimum Gasteiger partial charge on any atom is -0.389 e. The summed E-state index contributed by atoms with van der Waals surface area (Å²) in [6, 6.07) is 3.87. The summed E-state index contributed by atoms with van der Waals surface area (Å²) in [5.41, 5.74) is 0.348. The van der Waals surface area contributed by atoms with Gasteiger partial charge < -0.3 is 10.4 Å². The molecule has 0 aliphatic rings. The number of nitro groups is 1. The number of nitrogens with one attached hydrogen (secondary N) is 1. The van der Waals surface area contributed by atoms with Crippen molar-refractivity contribution in [3.8, 4) is 0 Å². The molecule has 0 fully saturated rings. The Bertz CT molecular complexity index is 649. The van der Waals surface area contributed by atoms with E-state index in [-0.39, 0.29) is 23.8 Å². The van der Waals surface area contributed by atoms with Gasteiger partial charge in [-0.2, -0.15) is 5.10 Å². The van der Waals surface area contributed by atoms with Crippen LogP contribution in [0.2, 0.25) is 5.02 Å². The van der Waals surface area contributed by atoms with E-state index in [0.717, 1.165) is 12.3 Å². The number of aromatic nitrogens is 2. The average Bonchev–Trinajstić information content (AvgIpc) is 2.86. The lowest BCUT2D eigenvalue weighted by atomic mass is 10.3. The Balaban J connectivity index is 1.89. The Morgan fingerprint density at radius 1 is 1.57 bits per heavy atom. The number of halogens is 2. The van der Waals surface area contributed by atoms with Gasteiger partial charge in [-0.05, 0) is 18.2 Å². The molecule has 2 N–H and O–H groups in total. The van der Waals surface area contributed by atoms with Crippen LogP contribution in [0, 0.1) is 15.9 Å². The van der Waals surface area contributed by atoms with Crippen molar-refractivity contribution in [2.24, 2.45) is 0 Å². The highest BCUT2D eigenvalue weighted by molar-refractivity contribution is 6.33. The highest BCUT2D eigenvalue weighted by Crippen LogP contribution is 2.22. The molecule has 0 radical (unpaired) electrons. The predicted molar refractivity (Wildman–Crippen MR) is 74.8 cm³/mol. The minimum atomic E-state index is -0.842. The fourth-order valence-corrected chi connectivity index (χ4v) is 1.92. The molecule has 112 valence electrons. The van der Waals surface area contributed by atoms with Crippen molar-refractivity contribution < 1.29 is 14.4 Å². The summed E-state index contributed by atoms with van der Waals surface area (Å²) in [6.07, 6.45) is 1.50. The summed E-state index contributed by atoms with van der Waals surface area (Å²) >= 11 is 5.83. The van der Waals surface area contributed by atoms with Crippen molar-refractivity contribution in [1.29, 1.82) is 0 Å². The maximum absolute atomic E-state index is 12.9. The van der Waals surface area contributed by atoms with Gasteiger partial charge in [0.25, 0.3) is 0 Å². The van der Waals surface area contributed by atoms with Gasteiger partial charge in [0.05, 0.1) is 28.3 Å². The van der Waals surface area contributed by atoms with E-state index in [1.54, 1.807) is 0 Å². The largest absolute Gasteiger partial charge is 0.389 e. The lowest BCUT2D eigenvalue weighted by Gasteiger charge is -2.13. The summed E-state index contributed by atoms with van der Waals surface area (Å²) in [7, 11) is 0. The van der Waals surface area contributed by atoms with Crippen LogP contribution in [0.15, 0.2) is 30.6 Å². The van der Waals surface area contributed by atoms with Crippen molar-refractivity contribution in [2.45, 2.75) is 12.6 Å². The number of aliphatic hydroxyl groups excluding tert-OH is 1. The molecule has 0 amide bonds. The van der Waals surface area contributed by atoms with Crippen LogP contribution in [-0.2, 0) is 6.54 Å². The minimum absolute atomic E-state index is 0.0830. The van der Waals surface area contributed by atoms with E-state index in [0.29, 0.717) is 5.69 Å². The molecule has 1 aromatic carbocycles. The summed E-state index contributed by atoms with van der Waals surface area (Å²) in [4.78, 5) is 9.94. The second kappa shape index (κ2) is 6.51. The Hall–Kier alpha value is -2.19. The van der Waals surface area contributed by atoms with E-state index < -0.39 is 16.8 Å². The number of hydrogen-bond donors (Lipinski definition) is 2. The zero-order valence-electron chi connectivity index (χ0n) is 10.7. The van der Waals surface area contributed by atoms with Crippen molar-refractivity contribution in [3.63, 3.8) is 0 Å². The van der Waals surface area contributed by atoms with E-state index in [2.05, 4.69) is 10.4 Å². The molecule has 0 saturated heterocycles. The van der Waals surface area contributed by atoms with Gasteiger partial charge in [0, 0.05) is 6.54 Å². The second-order valence-electron chi connectivity index (χ2n) is 4.34. The molecule has 1 heterocycles. The maximum Gasteiger partial charge on any atom is 0.306 e. The van der Waals surface area contributed by atoms with Crippen molar-refractivity contribution in [2.75, 3.05) is 11.9 Å². The molecule has 0 bridgehead atoms. The average molecular weight is 315 g/mol. The molecule has 2 rings (SSSR count). The van der Waals surface area contributed by atoms with Crippen molar-refractivity contribution >= 4 is 23.0 Å². The molecule has 7 nitrogen and oxygen atoms in total.